The molecule has 2 aromatic carbocycles. The Morgan fingerprint density at radius 3 is 2.26 bits per heavy atom. The first-order valence-electron chi connectivity index (χ1n) is 8.93. The number of thiocarbonyl (C=S) groups is 1. The zero-order chi connectivity index (χ0) is 20.0. The number of rotatable bonds is 7. The molecule has 0 aromatic heterocycles. The molecule has 6 heteroatoms. The molecule has 0 saturated heterocycles. The first-order valence-corrected chi connectivity index (χ1v) is 9.34. The van der Waals surface area contributed by atoms with Gasteiger partial charge in [0, 0.05) is 12.2 Å². The van der Waals surface area contributed by atoms with Gasteiger partial charge in [-0.2, -0.15) is 0 Å². The Labute approximate surface area is 167 Å². The summed E-state index contributed by atoms with van der Waals surface area (Å²) in [4.78, 5) is 1.90. The van der Waals surface area contributed by atoms with Crippen LogP contribution in [0.2, 0.25) is 0 Å². The lowest BCUT2D eigenvalue weighted by Crippen LogP contribution is -2.35. The van der Waals surface area contributed by atoms with E-state index in [9.17, 15) is 0 Å². The molecule has 27 heavy (non-hydrogen) atoms. The number of nitrogens with two attached hydrogens (primary N) is 2. The molecule has 0 radical (unpaired) electrons. The minimum atomic E-state index is 0.0965. The van der Waals surface area contributed by atoms with Gasteiger partial charge in [0.2, 0.25) is 0 Å². The largest absolute Gasteiger partial charge is 0.493 e. The Morgan fingerprint density at radius 1 is 1.07 bits per heavy atom. The van der Waals surface area contributed by atoms with E-state index in [0.717, 1.165) is 11.3 Å². The lowest BCUT2D eigenvalue weighted by Gasteiger charge is -2.25. The van der Waals surface area contributed by atoms with E-state index in [4.69, 9.17) is 33.2 Å². The first kappa shape index (κ1) is 21.0. The Balaban J connectivity index is 2.24. The average molecular weight is 388 g/mol. The zero-order valence-corrected chi connectivity index (χ0v) is 17.3. The van der Waals surface area contributed by atoms with E-state index in [1.54, 1.807) is 7.11 Å². The van der Waals surface area contributed by atoms with E-state index in [1.165, 1.54) is 5.56 Å². The highest BCUT2D eigenvalue weighted by atomic mass is 32.1. The second-order valence-corrected chi connectivity index (χ2v) is 7.76. The minimum absolute atomic E-state index is 0.0965. The number of hydrogen-bond acceptors (Lipinski definition) is 4. The predicted octanol–water partition coefficient (Wildman–Crippen LogP) is 3.58. The minimum Gasteiger partial charge on any atom is -0.493 e. The highest BCUT2D eigenvalue weighted by molar-refractivity contribution is 7.80. The molecule has 0 unspecified atom stereocenters. The van der Waals surface area contributed by atoms with Gasteiger partial charge in [0.05, 0.1) is 13.7 Å². The number of methoxy groups -OCH3 is 1. The third-order valence-corrected chi connectivity index (χ3v) is 4.48. The third kappa shape index (κ3) is 5.58. The van der Waals surface area contributed by atoms with Crippen molar-refractivity contribution in [1.82, 2.24) is 0 Å². The Hall–Kier alpha value is -2.31. The van der Waals surface area contributed by atoms with Crippen LogP contribution in [-0.4, -0.2) is 25.4 Å². The summed E-state index contributed by atoms with van der Waals surface area (Å²) in [5.74, 6) is 1.33. The predicted molar refractivity (Wildman–Crippen MR) is 116 cm³/mol. The number of benzene rings is 2. The second kappa shape index (κ2) is 9.06. The SMILES string of the molecule is COc1cc(CN(C(N)=S)c2ccc(C(C)(C)C)cc2)ccc1OCCN. The maximum Gasteiger partial charge on any atom is 0.171 e. The molecule has 2 aromatic rings. The van der Waals surface area contributed by atoms with Crippen LogP contribution in [0.25, 0.3) is 0 Å². The van der Waals surface area contributed by atoms with Crippen LogP contribution in [0.15, 0.2) is 42.5 Å². The molecule has 146 valence electrons. The van der Waals surface area contributed by atoms with Crippen LogP contribution in [0.5, 0.6) is 11.5 Å². The fourth-order valence-corrected chi connectivity index (χ4v) is 2.89. The van der Waals surface area contributed by atoms with E-state index in [-0.39, 0.29) is 5.41 Å². The van der Waals surface area contributed by atoms with Gasteiger partial charge in [-0.3, -0.25) is 0 Å². The fraction of sp³-hybridized carbons (Fsp3) is 0.381. The standard InChI is InChI=1S/C21H29N3O2S/c1-21(2,3)16-6-8-17(9-7-16)24(20(23)27)14-15-5-10-18(26-12-11-22)19(13-15)25-4/h5-10,13H,11-12,14,22H2,1-4H3,(H2,23,27). The number of ether oxygens (including phenoxy) is 2. The van der Waals surface area contributed by atoms with Gasteiger partial charge >= 0.3 is 0 Å². The smallest absolute Gasteiger partial charge is 0.171 e. The van der Waals surface area contributed by atoms with E-state index in [0.29, 0.717) is 36.3 Å². The molecule has 0 fully saturated rings. The number of anilines is 1. The summed E-state index contributed by atoms with van der Waals surface area (Å²) in [6.07, 6.45) is 0. The van der Waals surface area contributed by atoms with Crippen LogP contribution in [-0.2, 0) is 12.0 Å². The van der Waals surface area contributed by atoms with E-state index in [2.05, 4.69) is 45.0 Å². The molecule has 5 nitrogen and oxygen atoms in total. The van der Waals surface area contributed by atoms with Gasteiger partial charge in [-0.1, -0.05) is 39.0 Å². The van der Waals surface area contributed by atoms with Crippen LogP contribution < -0.4 is 25.8 Å². The van der Waals surface area contributed by atoms with Crippen molar-refractivity contribution >= 4 is 23.0 Å². The number of hydrogen-bond donors (Lipinski definition) is 2. The van der Waals surface area contributed by atoms with Gasteiger partial charge in [0.25, 0.3) is 0 Å². The Kier molecular flexibility index (Phi) is 7.05. The number of nitrogens with zero attached hydrogens (tertiary/aromatic N) is 1. The van der Waals surface area contributed by atoms with Crippen LogP contribution in [0.4, 0.5) is 5.69 Å². The van der Waals surface area contributed by atoms with Crippen LogP contribution in [0.1, 0.15) is 31.9 Å². The summed E-state index contributed by atoms with van der Waals surface area (Å²) in [6.45, 7) is 7.99. The third-order valence-electron chi connectivity index (χ3n) is 4.26. The van der Waals surface area contributed by atoms with Crippen molar-refractivity contribution in [3.05, 3.63) is 53.6 Å². The van der Waals surface area contributed by atoms with Gasteiger partial charge in [-0.05, 0) is 53.0 Å². The van der Waals surface area contributed by atoms with Gasteiger partial charge in [-0.25, -0.2) is 0 Å². The summed E-state index contributed by atoms with van der Waals surface area (Å²) in [5, 5.41) is 0.320. The molecule has 2 rings (SSSR count). The van der Waals surface area contributed by atoms with Gasteiger partial charge in [-0.15, -0.1) is 0 Å². The van der Waals surface area contributed by atoms with E-state index < -0.39 is 0 Å². The lowest BCUT2D eigenvalue weighted by atomic mass is 9.87. The van der Waals surface area contributed by atoms with Crippen molar-refractivity contribution in [2.45, 2.75) is 32.7 Å². The molecule has 0 atom stereocenters. The summed E-state index contributed by atoms with van der Waals surface area (Å²) < 4.78 is 11.0. The molecule has 0 saturated carbocycles. The molecule has 4 N–H and O–H groups in total. The maximum atomic E-state index is 5.99. The molecular weight excluding hydrogens is 358 g/mol. The quantitative estimate of drug-likeness (QED) is 0.708. The Bertz CT molecular complexity index is 770. The molecule has 0 aliphatic rings. The van der Waals surface area contributed by atoms with Crippen molar-refractivity contribution in [3.8, 4) is 11.5 Å². The zero-order valence-electron chi connectivity index (χ0n) is 16.5. The molecule has 0 spiro atoms. The summed E-state index contributed by atoms with van der Waals surface area (Å²) in [5.41, 5.74) is 14.8. The van der Waals surface area contributed by atoms with E-state index in [1.807, 2.05) is 23.1 Å². The highest BCUT2D eigenvalue weighted by Gasteiger charge is 2.16. The molecule has 0 bridgehead atoms. The van der Waals surface area contributed by atoms with Crippen molar-refractivity contribution in [1.29, 1.82) is 0 Å². The first-order chi connectivity index (χ1) is 12.8. The average Bonchev–Trinajstić information content (AvgIpc) is 2.64. The summed E-state index contributed by atoms with van der Waals surface area (Å²) in [6, 6.07) is 14.1. The molecule has 0 aliphatic heterocycles. The van der Waals surface area contributed by atoms with Crippen molar-refractivity contribution in [2.75, 3.05) is 25.2 Å². The van der Waals surface area contributed by atoms with Crippen molar-refractivity contribution in [3.63, 3.8) is 0 Å². The van der Waals surface area contributed by atoms with Crippen molar-refractivity contribution < 1.29 is 9.47 Å². The van der Waals surface area contributed by atoms with E-state index >= 15 is 0 Å². The van der Waals surface area contributed by atoms with Crippen LogP contribution in [0.3, 0.4) is 0 Å². The highest BCUT2D eigenvalue weighted by Crippen LogP contribution is 2.30. The molecular formula is C21H29N3O2S. The van der Waals surface area contributed by atoms with Crippen LogP contribution in [0, 0.1) is 0 Å². The molecule has 0 heterocycles. The summed E-state index contributed by atoms with van der Waals surface area (Å²) in [7, 11) is 1.62. The van der Waals surface area contributed by atoms with Gasteiger partial charge < -0.3 is 25.8 Å². The monoisotopic (exact) mass is 387 g/mol. The normalized spacial score (nSPS) is 11.1. The molecule has 0 amide bonds. The summed E-state index contributed by atoms with van der Waals surface area (Å²) >= 11 is 5.28. The lowest BCUT2D eigenvalue weighted by molar-refractivity contribution is 0.302. The fourth-order valence-electron chi connectivity index (χ4n) is 2.72. The van der Waals surface area contributed by atoms with Crippen LogP contribution >= 0.6 is 12.2 Å². The second-order valence-electron chi connectivity index (χ2n) is 7.34. The topological polar surface area (TPSA) is 73.7 Å². The Morgan fingerprint density at radius 2 is 1.74 bits per heavy atom. The van der Waals surface area contributed by atoms with Crippen molar-refractivity contribution in [2.24, 2.45) is 11.5 Å². The van der Waals surface area contributed by atoms with Gasteiger partial charge in [0.1, 0.15) is 6.61 Å². The van der Waals surface area contributed by atoms with Gasteiger partial charge in [0.15, 0.2) is 16.6 Å². The maximum absolute atomic E-state index is 5.99. The molecule has 0 aliphatic carbocycles.